The van der Waals surface area contributed by atoms with E-state index in [0.717, 1.165) is 13.0 Å². The number of hydrogen-bond acceptors (Lipinski definition) is 6. The quantitative estimate of drug-likeness (QED) is 0.427. The predicted octanol–water partition coefficient (Wildman–Crippen LogP) is 0.433. The molecule has 0 heterocycles. The highest BCUT2D eigenvalue weighted by Crippen LogP contribution is 2.03. The van der Waals surface area contributed by atoms with Crippen molar-refractivity contribution in [3.05, 3.63) is 0 Å². The summed E-state index contributed by atoms with van der Waals surface area (Å²) in [4.78, 5) is 0. The zero-order chi connectivity index (χ0) is 15.1. The standard InChI is InChI=1S/C14H31NO5/c1-4-5-15-14(2,12-16)13-20-11-10-19-9-8-18-7-6-17-3/h15-16H,4-13H2,1-3H3. The van der Waals surface area contributed by atoms with Crippen LogP contribution in [0.15, 0.2) is 0 Å². The van der Waals surface area contributed by atoms with Gasteiger partial charge in [-0.15, -0.1) is 0 Å². The molecule has 0 aliphatic carbocycles. The molecule has 0 radical (unpaired) electrons. The summed E-state index contributed by atoms with van der Waals surface area (Å²) in [7, 11) is 1.65. The van der Waals surface area contributed by atoms with Crippen molar-refractivity contribution in [2.24, 2.45) is 0 Å². The lowest BCUT2D eigenvalue weighted by molar-refractivity contribution is -0.0117. The van der Waals surface area contributed by atoms with E-state index in [-0.39, 0.29) is 12.1 Å². The van der Waals surface area contributed by atoms with Crippen LogP contribution in [0, 0.1) is 0 Å². The van der Waals surface area contributed by atoms with Crippen molar-refractivity contribution in [2.45, 2.75) is 25.8 Å². The molecule has 6 heteroatoms. The Morgan fingerprint density at radius 1 is 0.950 bits per heavy atom. The van der Waals surface area contributed by atoms with Crippen LogP contribution >= 0.6 is 0 Å². The van der Waals surface area contributed by atoms with Crippen LogP contribution in [0.2, 0.25) is 0 Å². The summed E-state index contributed by atoms with van der Waals surface area (Å²) in [6.45, 7) is 8.80. The Bertz CT molecular complexity index is 206. The van der Waals surface area contributed by atoms with E-state index in [0.29, 0.717) is 46.2 Å². The fourth-order valence-electron chi connectivity index (χ4n) is 1.46. The van der Waals surface area contributed by atoms with Gasteiger partial charge < -0.3 is 29.4 Å². The van der Waals surface area contributed by atoms with Gasteiger partial charge in [-0.1, -0.05) is 6.92 Å². The van der Waals surface area contributed by atoms with E-state index in [9.17, 15) is 5.11 Å². The molecule has 0 saturated heterocycles. The van der Waals surface area contributed by atoms with Crippen molar-refractivity contribution >= 4 is 0 Å². The van der Waals surface area contributed by atoms with Crippen LogP contribution in [0.4, 0.5) is 0 Å². The molecule has 2 N–H and O–H groups in total. The van der Waals surface area contributed by atoms with Crippen LogP contribution < -0.4 is 5.32 Å². The molecule has 0 spiro atoms. The summed E-state index contributed by atoms with van der Waals surface area (Å²) in [6.07, 6.45) is 1.03. The molecule has 0 rings (SSSR count). The Morgan fingerprint density at radius 3 is 2.00 bits per heavy atom. The smallest absolute Gasteiger partial charge is 0.0701 e. The van der Waals surface area contributed by atoms with E-state index < -0.39 is 0 Å². The van der Waals surface area contributed by atoms with Crippen molar-refractivity contribution in [3.63, 3.8) is 0 Å². The van der Waals surface area contributed by atoms with Gasteiger partial charge in [-0.2, -0.15) is 0 Å². The number of hydrogen-bond donors (Lipinski definition) is 2. The average molecular weight is 293 g/mol. The van der Waals surface area contributed by atoms with E-state index in [1.165, 1.54) is 0 Å². The van der Waals surface area contributed by atoms with Crippen LogP contribution in [-0.4, -0.2) is 77.2 Å². The van der Waals surface area contributed by atoms with Crippen molar-refractivity contribution in [1.29, 1.82) is 0 Å². The van der Waals surface area contributed by atoms with Gasteiger partial charge in [0.25, 0.3) is 0 Å². The maximum atomic E-state index is 9.35. The predicted molar refractivity (Wildman–Crippen MR) is 78.1 cm³/mol. The number of methoxy groups -OCH3 is 1. The molecule has 0 amide bonds. The van der Waals surface area contributed by atoms with Crippen molar-refractivity contribution in [1.82, 2.24) is 5.32 Å². The Kier molecular flexibility index (Phi) is 13.6. The third-order valence-corrected chi connectivity index (χ3v) is 2.75. The van der Waals surface area contributed by atoms with Crippen molar-refractivity contribution < 1.29 is 24.1 Å². The lowest BCUT2D eigenvalue weighted by Crippen LogP contribution is -2.50. The molecular weight excluding hydrogens is 262 g/mol. The fourth-order valence-corrected chi connectivity index (χ4v) is 1.46. The van der Waals surface area contributed by atoms with Crippen LogP contribution in [-0.2, 0) is 18.9 Å². The molecule has 0 aromatic carbocycles. The average Bonchev–Trinajstić information content (AvgIpc) is 2.47. The lowest BCUT2D eigenvalue weighted by atomic mass is 10.1. The van der Waals surface area contributed by atoms with Gasteiger partial charge in [-0.05, 0) is 19.9 Å². The van der Waals surface area contributed by atoms with Crippen LogP contribution in [0.1, 0.15) is 20.3 Å². The fraction of sp³-hybridized carbons (Fsp3) is 1.00. The van der Waals surface area contributed by atoms with Gasteiger partial charge in [-0.25, -0.2) is 0 Å². The van der Waals surface area contributed by atoms with E-state index in [1.54, 1.807) is 7.11 Å². The summed E-state index contributed by atoms with van der Waals surface area (Å²) < 4.78 is 21.0. The van der Waals surface area contributed by atoms with Gasteiger partial charge in [0.1, 0.15) is 0 Å². The lowest BCUT2D eigenvalue weighted by Gasteiger charge is -2.28. The third-order valence-electron chi connectivity index (χ3n) is 2.75. The monoisotopic (exact) mass is 293 g/mol. The van der Waals surface area contributed by atoms with E-state index in [1.807, 2.05) is 6.92 Å². The molecule has 6 nitrogen and oxygen atoms in total. The second-order valence-corrected chi connectivity index (χ2v) is 4.92. The number of aliphatic hydroxyl groups is 1. The molecule has 0 aromatic rings. The third kappa shape index (κ3) is 11.6. The Hall–Kier alpha value is -0.240. The molecule has 1 unspecified atom stereocenters. The number of aliphatic hydroxyl groups excluding tert-OH is 1. The molecule has 0 aliphatic heterocycles. The van der Waals surface area contributed by atoms with Gasteiger partial charge in [0.2, 0.25) is 0 Å². The first-order valence-corrected chi connectivity index (χ1v) is 7.26. The first kappa shape index (κ1) is 19.8. The summed E-state index contributed by atoms with van der Waals surface area (Å²) in [6, 6.07) is 0. The molecule has 0 saturated carbocycles. The maximum absolute atomic E-state index is 9.35. The highest BCUT2D eigenvalue weighted by atomic mass is 16.6. The van der Waals surface area contributed by atoms with E-state index in [2.05, 4.69) is 12.2 Å². The summed E-state index contributed by atoms with van der Waals surface area (Å²) in [5, 5.41) is 12.6. The molecular formula is C14H31NO5. The highest BCUT2D eigenvalue weighted by molar-refractivity contribution is 4.81. The first-order valence-electron chi connectivity index (χ1n) is 7.26. The van der Waals surface area contributed by atoms with Gasteiger partial charge in [0.15, 0.2) is 0 Å². The molecule has 0 bridgehead atoms. The topological polar surface area (TPSA) is 69.2 Å². The minimum absolute atomic E-state index is 0.0567. The van der Waals surface area contributed by atoms with Crippen molar-refractivity contribution in [3.8, 4) is 0 Å². The molecule has 0 aliphatic rings. The Balaban J connectivity index is 3.37. The van der Waals surface area contributed by atoms with Crippen LogP contribution in [0.25, 0.3) is 0 Å². The largest absolute Gasteiger partial charge is 0.394 e. The normalized spacial score (nSPS) is 14.4. The highest BCUT2D eigenvalue weighted by Gasteiger charge is 2.22. The van der Waals surface area contributed by atoms with Crippen molar-refractivity contribution in [2.75, 3.05) is 66.5 Å². The number of nitrogens with one attached hydrogen (secondary N) is 1. The molecule has 20 heavy (non-hydrogen) atoms. The number of rotatable bonds is 15. The SMILES string of the molecule is CCCNC(C)(CO)COCCOCCOCCOC. The zero-order valence-electron chi connectivity index (χ0n) is 13.2. The van der Waals surface area contributed by atoms with Gasteiger partial charge in [-0.3, -0.25) is 0 Å². The van der Waals surface area contributed by atoms with Gasteiger partial charge in [0.05, 0.1) is 58.4 Å². The van der Waals surface area contributed by atoms with Gasteiger partial charge in [0, 0.05) is 7.11 Å². The van der Waals surface area contributed by atoms with E-state index >= 15 is 0 Å². The second kappa shape index (κ2) is 13.7. The second-order valence-electron chi connectivity index (χ2n) is 4.92. The molecule has 0 aromatic heterocycles. The van der Waals surface area contributed by atoms with E-state index in [4.69, 9.17) is 18.9 Å². The van der Waals surface area contributed by atoms with Crippen LogP contribution in [0.3, 0.4) is 0 Å². The Morgan fingerprint density at radius 2 is 1.50 bits per heavy atom. The zero-order valence-corrected chi connectivity index (χ0v) is 13.2. The molecule has 1 atom stereocenters. The Labute approximate surface area is 122 Å². The number of ether oxygens (including phenoxy) is 4. The summed E-state index contributed by atoms with van der Waals surface area (Å²) in [5.41, 5.74) is -0.376. The summed E-state index contributed by atoms with van der Waals surface area (Å²) >= 11 is 0. The van der Waals surface area contributed by atoms with Gasteiger partial charge >= 0.3 is 0 Å². The molecule has 122 valence electrons. The molecule has 0 fully saturated rings. The first-order chi connectivity index (χ1) is 9.68. The minimum atomic E-state index is -0.376. The summed E-state index contributed by atoms with van der Waals surface area (Å²) in [5.74, 6) is 0. The minimum Gasteiger partial charge on any atom is -0.394 e. The van der Waals surface area contributed by atoms with Crippen LogP contribution in [0.5, 0.6) is 0 Å². The maximum Gasteiger partial charge on any atom is 0.0701 e.